The first-order valence-electron chi connectivity index (χ1n) is 14.1. The van der Waals surface area contributed by atoms with Crippen molar-refractivity contribution in [3.63, 3.8) is 0 Å². The van der Waals surface area contributed by atoms with E-state index in [0.29, 0.717) is 44.0 Å². The van der Waals surface area contributed by atoms with E-state index in [1.165, 1.54) is 6.33 Å². The Kier molecular flexibility index (Phi) is 11.3. The molecule has 230 valence electrons. The molecule has 0 radical (unpaired) electrons. The van der Waals surface area contributed by atoms with Gasteiger partial charge < -0.3 is 24.5 Å². The van der Waals surface area contributed by atoms with Crippen molar-refractivity contribution in [3.8, 4) is 5.75 Å². The summed E-state index contributed by atoms with van der Waals surface area (Å²) < 4.78 is 44.0. The van der Waals surface area contributed by atoms with Crippen molar-refractivity contribution in [1.29, 1.82) is 0 Å². The van der Waals surface area contributed by atoms with Gasteiger partial charge in [0.2, 0.25) is 0 Å². The summed E-state index contributed by atoms with van der Waals surface area (Å²) in [6, 6.07) is 11.5. The van der Waals surface area contributed by atoms with Crippen molar-refractivity contribution in [2.24, 2.45) is 0 Å². The van der Waals surface area contributed by atoms with Crippen molar-refractivity contribution < 1.29 is 32.6 Å². The molecular formula is C28H41N6O7P. The number of nitrogen functional groups attached to an aromatic ring is 1. The van der Waals surface area contributed by atoms with Crippen LogP contribution in [0, 0.1) is 0 Å². The van der Waals surface area contributed by atoms with Crippen LogP contribution in [0.5, 0.6) is 5.75 Å². The van der Waals surface area contributed by atoms with Crippen molar-refractivity contribution in [3.05, 3.63) is 54.5 Å². The number of morpholine rings is 1. The number of esters is 1. The van der Waals surface area contributed by atoms with E-state index in [-0.39, 0.29) is 13.2 Å². The molecule has 0 amide bonds. The first-order valence-corrected chi connectivity index (χ1v) is 15.6. The van der Waals surface area contributed by atoms with Crippen LogP contribution in [0.1, 0.15) is 32.4 Å². The Morgan fingerprint density at radius 1 is 1.21 bits per heavy atom. The second-order valence-corrected chi connectivity index (χ2v) is 12.1. The van der Waals surface area contributed by atoms with Gasteiger partial charge in [-0.2, -0.15) is 10.2 Å². The molecule has 1 fully saturated rings. The van der Waals surface area contributed by atoms with Gasteiger partial charge in [0.1, 0.15) is 23.6 Å². The lowest BCUT2D eigenvalue weighted by molar-refractivity contribution is -0.145. The van der Waals surface area contributed by atoms with Crippen LogP contribution in [-0.2, 0) is 34.5 Å². The smallest absolute Gasteiger partial charge is 0.459 e. The Morgan fingerprint density at radius 2 is 1.98 bits per heavy atom. The van der Waals surface area contributed by atoms with E-state index in [0.717, 1.165) is 30.8 Å². The summed E-state index contributed by atoms with van der Waals surface area (Å²) in [5, 5.41) is 7.04. The van der Waals surface area contributed by atoms with Crippen LogP contribution in [0.4, 0.5) is 5.82 Å². The molecule has 4 rings (SSSR count). The average molecular weight is 605 g/mol. The van der Waals surface area contributed by atoms with Crippen molar-refractivity contribution >= 4 is 25.1 Å². The summed E-state index contributed by atoms with van der Waals surface area (Å²) >= 11 is 0. The number of hydrogen-bond donors (Lipinski definition) is 2. The number of carbonyl (C=O) groups is 1. The van der Waals surface area contributed by atoms with Gasteiger partial charge in [-0.3, -0.25) is 14.2 Å². The second kappa shape index (κ2) is 14.9. The zero-order valence-electron chi connectivity index (χ0n) is 24.4. The number of nitrogens with one attached hydrogen (secondary N) is 1. The molecular weight excluding hydrogens is 563 g/mol. The minimum absolute atomic E-state index is 0.0810. The average Bonchev–Trinajstić information content (AvgIpc) is 3.42. The van der Waals surface area contributed by atoms with E-state index in [1.807, 2.05) is 25.1 Å². The minimum atomic E-state index is -4.05. The lowest BCUT2D eigenvalue weighted by Crippen LogP contribution is -2.39. The Morgan fingerprint density at radius 3 is 2.71 bits per heavy atom. The maximum atomic E-state index is 14.0. The number of hydrogen-bond acceptors (Lipinski definition) is 11. The number of ether oxygens (including phenoxy) is 3. The number of nitrogens with zero attached hydrogens (tertiary/aromatic N) is 4. The Labute approximate surface area is 246 Å². The summed E-state index contributed by atoms with van der Waals surface area (Å²) in [5.74, 6) is 0.174. The number of aryl methyl sites for hydroxylation is 1. The highest BCUT2D eigenvalue weighted by molar-refractivity contribution is 7.52. The molecule has 0 bridgehead atoms. The van der Waals surface area contributed by atoms with Gasteiger partial charge in [0, 0.05) is 32.4 Å². The van der Waals surface area contributed by atoms with E-state index < -0.39 is 25.4 Å². The summed E-state index contributed by atoms with van der Waals surface area (Å²) in [7, 11) is -2.48. The molecule has 1 unspecified atom stereocenters. The highest BCUT2D eigenvalue weighted by Crippen LogP contribution is 2.46. The summed E-state index contributed by atoms with van der Waals surface area (Å²) in [6.07, 6.45) is 3.17. The molecule has 14 heteroatoms. The third-order valence-corrected chi connectivity index (χ3v) is 8.77. The molecule has 3 heterocycles. The van der Waals surface area contributed by atoms with E-state index >= 15 is 0 Å². The van der Waals surface area contributed by atoms with E-state index in [1.54, 1.807) is 42.8 Å². The number of benzene rings is 1. The predicted molar refractivity (Wildman–Crippen MR) is 157 cm³/mol. The zero-order chi connectivity index (χ0) is 30.0. The van der Waals surface area contributed by atoms with Crippen LogP contribution in [0.25, 0.3) is 5.52 Å². The van der Waals surface area contributed by atoms with Crippen LogP contribution < -0.4 is 15.3 Å². The normalized spacial score (nSPS) is 17.8. The van der Waals surface area contributed by atoms with Crippen molar-refractivity contribution in [1.82, 2.24) is 24.6 Å². The molecule has 0 saturated carbocycles. The van der Waals surface area contributed by atoms with Crippen molar-refractivity contribution in [2.75, 3.05) is 58.9 Å². The molecule has 0 spiro atoms. The maximum Gasteiger partial charge on any atom is 0.459 e. The third kappa shape index (κ3) is 8.97. The van der Waals surface area contributed by atoms with Gasteiger partial charge in [0.25, 0.3) is 0 Å². The topological polar surface area (TPSA) is 152 Å². The minimum Gasteiger partial charge on any atom is -0.464 e. The SMILES string of the molecule is CO[C@@](C)(CCc1ccc2c(N)ncnn12)COP(=O)(N[C@@H](C)C(=O)OCCCN1CCOCC1)Oc1ccccc1. The fraction of sp³-hybridized carbons (Fsp3) is 0.536. The molecule has 3 aromatic rings. The summed E-state index contributed by atoms with van der Waals surface area (Å²) in [4.78, 5) is 19.0. The van der Waals surface area contributed by atoms with Gasteiger partial charge in [-0.1, -0.05) is 18.2 Å². The van der Waals surface area contributed by atoms with E-state index in [2.05, 4.69) is 20.1 Å². The summed E-state index contributed by atoms with van der Waals surface area (Å²) in [6.45, 7) is 7.57. The quantitative estimate of drug-likeness (QED) is 0.140. The number of fused-ring (bicyclic) bond motifs is 1. The molecule has 1 aliphatic heterocycles. The lowest BCUT2D eigenvalue weighted by atomic mass is 10.00. The zero-order valence-corrected chi connectivity index (χ0v) is 25.3. The molecule has 1 aliphatic rings. The van der Waals surface area contributed by atoms with E-state index in [4.69, 9.17) is 29.0 Å². The van der Waals surface area contributed by atoms with Gasteiger partial charge >= 0.3 is 13.7 Å². The Hall–Kier alpha value is -3.06. The molecule has 3 atom stereocenters. The number of anilines is 1. The van der Waals surface area contributed by atoms with Crippen LogP contribution >= 0.6 is 7.75 Å². The highest BCUT2D eigenvalue weighted by Gasteiger charge is 2.36. The largest absolute Gasteiger partial charge is 0.464 e. The van der Waals surface area contributed by atoms with Gasteiger partial charge in [0.05, 0.1) is 32.0 Å². The number of nitrogens with two attached hydrogens (primary N) is 1. The molecule has 1 aromatic carbocycles. The Balaban J connectivity index is 1.35. The van der Waals surface area contributed by atoms with Crippen LogP contribution in [0.2, 0.25) is 0 Å². The predicted octanol–water partition coefficient (Wildman–Crippen LogP) is 3.10. The van der Waals surface area contributed by atoms with Crippen LogP contribution in [-0.4, -0.2) is 90.3 Å². The standard InChI is InChI=1S/C28H41N6O7P/c1-22(27(35)39-17-7-14-33-15-18-38-19-16-33)32-42(36,41-24-8-5-4-6-9-24)40-20-28(2,37-3)13-12-23-10-11-25-26(29)30-21-31-34(23)25/h4-6,8-11,21-22H,7,12-20H2,1-3H3,(H,32,36)(H2,29,30,31)/t22-,28-,42?/m0/s1. The number of para-hydroxylation sites is 1. The fourth-order valence-electron chi connectivity index (χ4n) is 4.45. The van der Waals surface area contributed by atoms with Gasteiger partial charge in [-0.15, -0.1) is 0 Å². The number of methoxy groups -OCH3 is 1. The number of aromatic nitrogens is 3. The number of carbonyl (C=O) groups excluding carboxylic acids is 1. The van der Waals surface area contributed by atoms with Crippen molar-refractivity contribution in [2.45, 2.75) is 44.8 Å². The molecule has 42 heavy (non-hydrogen) atoms. The Bertz CT molecular complexity index is 1340. The first kappa shape index (κ1) is 31.9. The molecule has 3 N–H and O–H groups in total. The lowest BCUT2D eigenvalue weighted by Gasteiger charge is -2.30. The monoisotopic (exact) mass is 604 g/mol. The molecule has 1 saturated heterocycles. The van der Waals surface area contributed by atoms with Gasteiger partial charge in [-0.05, 0) is 57.4 Å². The third-order valence-electron chi connectivity index (χ3n) is 7.14. The highest BCUT2D eigenvalue weighted by atomic mass is 31.2. The second-order valence-electron chi connectivity index (χ2n) is 10.4. The molecule has 0 aliphatic carbocycles. The van der Waals surface area contributed by atoms with Gasteiger partial charge in [-0.25, -0.2) is 14.1 Å². The first-order chi connectivity index (χ1) is 20.2. The van der Waals surface area contributed by atoms with Gasteiger partial charge in [0.15, 0.2) is 5.82 Å². The van der Waals surface area contributed by atoms with Crippen LogP contribution in [0.3, 0.4) is 0 Å². The fourth-order valence-corrected chi connectivity index (χ4v) is 6.06. The molecule has 13 nitrogen and oxygen atoms in total. The maximum absolute atomic E-state index is 14.0. The van der Waals surface area contributed by atoms with E-state index in [9.17, 15) is 9.36 Å². The summed E-state index contributed by atoms with van der Waals surface area (Å²) in [5.41, 5.74) is 6.74. The molecule has 2 aromatic heterocycles. The van der Waals surface area contributed by atoms with Crippen LogP contribution in [0.15, 0.2) is 48.8 Å². The number of rotatable bonds is 16.